The van der Waals surface area contributed by atoms with E-state index < -0.39 is 0 Å². The fraction of sp³-hybridized carbons (Fsp3) is 0.400. The first-order valence-electron chi connectivity index (χ1n) is 4.00. The normalized spacial score (nSPS) is 23.2. The van der Waals surface area contributed by atoms with Gasteiger partial charge >= 0.3 is 0 Å². The van der Waals surface area contributed by atoms with Crippen LogP contribution in [0.3, 0.4) is 0 Å². The van der Waals surface area contributed by atoms with Crippen LogP contribution in [0.25, 0.3) is 0 Å². The molecular weight excluding hydrogens is 152 g/mol. The largest absolute Gasteiger partial charge is 0.298 e. The van der Waals surface area contributed by atoms with Gasteiger partial charge in [0.1, 0.15) is 6.29 Å². The molecule has 1 atom stereocenters. The first-order chi connectivity index (χ1) is 5.65. The monoisotopic (exact) mass is 164 g/mol. The minimum absolute atomic E-state index is 0.0239. The van der Waals surface area contributed by atoms with E-state index >= 15 is 0 Å². The summed E-state index contributed by atoms with van der Waals surface area (Å²) in [4.78, 5) is 21.7. The second-order valence-electron chi connectivity index (χ2n) is 3.18. The summed E-state index contributed by atoms with van der Waals surface area (Å²) < 4.78 is 0. The molecule has 2 nitrogen and oxygen atoms in total. The predicted molar refractivity (Wildman–Crippen MR) is 46.7 cm³/mol. The Morgan fingerprint density at radius 3 is 2.92 bits per heavy atom. The third-order valence-corrected chi connectivity index (χ3v) is 2.16. The van der Waals surface area contributed by atoms with Crippen LogP contribution >= 0.6 is 0 Å². The van der Waals surface area contributed by atoms with E-state index in [0.29, 0.717) is 11.9 Å². The number of hydrogen-bond acceptors (Lipinski definition) is 2. The molecule has 0 saturated carbocycles. The number of aldehydes is 1. The summed E-state index contributed by atoms with van der Waals surface area (Å²) in [5, 5.41) is 0. The van der Waals surface area contributed by atoms with E-state index in [4.69, 9.17) is 0 Å². The lowest BCUT2D eigenvalue weighted by Crippen LogP contribution is -2.19. The van der Waals surface area contributed by atoms with Gasteiger partial charge in [-0.25, -0.2) is 0 Å². The van der Waals surface area contributed by atoms with E-state index in [-0.39, 0.29) is 11.7 Å². The van der Waals surface area contributed by atoms with E-state index in [2.05, 4.69) is 6.58 Å². The Balaban J connectivity index is 2.78. The van der Waals surface area contributed by atoms with Gasteiger partial charge in [0, 0.05) is 5.92 Å². The minimum Gasteiger partial charge on any atom is -0.298 e. The molecule has 2 heteroatoms. The molecule has 0 saturated heterocycles. The number of carbonyl (C=O) groups excluding carboxylic acids is 2. The van der Waals surface area contributed by atoms with Gasteiger partial charge in [0.05, 0.1) is 0 Å². The van der Waals surface area contributed by atoms with Crippen LogP contribution in [0.2, 0.25) is 0 Å². The third-order valence-electron chi connectivity index (χ3n) is 2.16. The molecule has 0 aromatic carbocycles. The van der Waals surface area contributed by atoms with Crippen LogP contribution in [-0.4, -0.2) is 12.1 Å². The molecule has 0 aliphatic heterocycles. The fourth-order valence-electron chi connectivity index (χ4n) is 1.38. The van der Waals surface area contributed by atoms with Crippen LogP contribution in [-0.2, 0) is 9.59 Å². The maximum absolute atomic E-state index is 11.3. The molecule has 0 aromatic heterocycles. The van der Waals surface area contributed by atoms with Crippen molar-refractivity contribution < 1.29 is 9.59 Å². The van der Waals surface area contributed by atoms with Gasteiger partial charge in [0.2, 0.25) is 0 Å². The summed E-state index contributed by atoms with van der Waals surface area (Å²) in [6.45, 7) is 5.48. The molecule has 0 spiro atoms. The minimum atomic E-state index is -0.258. The average molecular weight is 164 g/mol. The average Bonchev–Trinajstić information content (AvgIpc) is 2.03. The van der Waals surface area contributed by atoms with Crippen molar-refractivity contribution in [2.24, 2.45) is 5.92 Å². The van der Waals surface area contributed by atoms with Crippen molar-refractivity contribution in [2.75, 3.05) is 0 Å². The summed E-state index contributed by atoms with van der Waals surface area (Å²) >= 11 is 0. The standard InChI is InChI=1S/C10H12O2/c1-7-3-4-9(8(2)6-11)10(12)5-7/h5-6,9H,2-4H2,1H3/t9-/m0/s1. The lowest BCUT2D eigenvalue weighted by atomic mass is 9.85. The van der Waals surface area contributed by atoms with Gasteiger partial charge in [-0.05, 0) is 31.4 Å². The van der Waals surface area contributed by atoms with Gasteiger partial charge < -0.3 is 0 Å². The zero-order chi connectivity index (χ0) is 9.14. The molecule has 0 bridgehead atoms. The van der Waals surface area contributed by atoms with Crippen molar-refractivity contribution in [3.63, 3.8) is 0 Å². The van der Waals surface area contributed by atoms with Crippen molar-refractivity contribution in [3.05, 3.63) is 23.8 Å². The molecular formula is C10H12O2. The molecule has 0 aromatic rings. The van der Waals surface area contributed by atoms with Crippen molar-refractivity contribution in [1.29, 1.82) is 0 Å². The van der Waals surface area contributed by atoms with Gasteiger partial charge in [0.25, 0.3) is 0 Å². The SMILES string of the molecule is C=C(C=O)[C@@H]1CCC(C)=CC1=O. The van der Waals surface area contributed by atoms with Crippen LogP contribution in [0, 0.1) is 5.92 Å². The summed E-state index contributed by atoms with van der Waals surface area (Å²) in [5.74, 6) is -0.234. The zero-order valence-electron chi connectivity index (χ0n) is 7.17. The Morgan fingerprint density at radius 1 is 1.75 bits per heavy atom. The quantitative estimate of drug-likeness (QED) is 0.459. The van der Waals surface area contributed by atoms with Crippen LogP contribution in [0.1, 0.15) is 19.8 Å². The summed E-state index contributed by atoms with van der Waals surface area (Å²) in [5.41, 5.74) is 1.50. The van der Waals surface area contributed by atoms with Gasteiger partial charge in [0.15, 0.2) is 5.78 Å². The van der Waals surface area contributed by atoms with E-state index in [1.54, 1.807) is 6.08 Å². The molecule has 0 amide bonds. The Morgan fingerprint density at radius 2 is 2.42 bits per heavy atom. The Hall–Kier alpha value is -1.18. The topological polar surface area (TPSA) is 34.1 Å². The Bertz CT molecular complexity index is 261. The van der Waals surface area contributed by atoms with Crippen LogP contribution in [0.4, 0.5) is 0 Å². The fourth-order valence-corrected chi connectivity index (χ4v) is 1.38. The van der Waals surface area contributed by atoms with Crippen molar-refractivity contribution in [2.45, 2.75) is 19.8 Å². The first-order valence-corrected chi connectivity index (χ1v) is 4.00. The highest BCUT2D eigenvalue weighted by atomic mass is 16.1. The lowest BCUT2D eigenvalue weighted by molar-refractivity contribution is -0.119. The summed E-state index contributed by atoms with van der Waals surface area (Å²) in [7, 11) is 0. The number of ketones is 1. The lowest BCUT2D eigenvalue weighted by Gasteiger charge is -2.17. The number of allylic oxidation sites excluding steroid dienone is 3. The van der Waals surface area contributed by atoms with E-state index in [0.717, 1.165) is 18.4 Å². The molecule has 0 heterocycles. The maximum Gasteiger partial charge on any atom is 0.163 e. The zero-order valence-corrected chi connectivity index (χ0v) is 7.17. The molecule has 64 valence electrons. The molecule has 0 radical (unpaired) electrons. The second-order valence-corrected chi connectivity index (χ2v) is 3.18. The van der Waals surface area contributed by atoms with Crippen LogP contribution < -0.4 is 0 Å². The van der Waals surface area contributed by atoms with Gasteiger partial charge in [-0.1, -0.05) is 12.2 Å². The van der Waals surface area contributed by atoms with Gasteiger partial charge in [-0.3, -0.25) is 9.59 Å². The van der Waals surface area contributed by atoms with Crippen molar-refractivity contribution in [3.8, 4) is 0 Å². The Labute approximate surface area is 72.0 Å². The Kier molecular flexibility index (Phi) is 2.58. The van der Waals surface area contributed by atoms with Gasteiger partial charge in [-0.2, -0.15) is 0 Å². The summed E-state index contributed by atoms with van der Waals surface area (Å²) in [6, 6.07) is 0. The van der Waals surface area contributed by atoms with E-state index in [1.807, 2.05) is 6.92 Å². The van der Waals surface area contributed by atoms with Crippen LogP contribution in [0.15, 0.2) is 23.8 Å². The molecule has 0 N–H and O–H groups in total. The number of rotatable bonds is 2. The molecule has 0 fully saturated rings. The third kappa shape index (κ3) is 1.70. The smallest absolute Gasteiger partial charge is 0.163 e. The molecule has 0 unspecified atom stereocenters. The van der Waals surface area contributed by atoms with E-state index in [9.17, 15) is 9.59 Å². The predicted octanol–water partition coefficient (Wildman–Crippen LogP) is 1.67. The van der Waals surface area contributed by atoms with Crippen LogP contribution in [0.5, 0.6) is 0 Å². The molecule has 1 rings (SSSR count). The first kappa shape index (κ1) is 8.91. The number of carbonyl (C=O) groups is 2. The molecule has 12 heavy (non-hydrogen) atoms. The summed E-state index contributed by atoms with van der Waals surface area (Å²) in [6.07, 6.45) is 3.92. The highest BCUT2D eigenvalue weighted by Gasteiger charge is 2.22. The molecule has 1 aliphatic carbocycles. The maximum atomic E-state index is 11.3. The van der Waals surface area contributed by atoms with E-state index in [1.165, 1.54) is 0 Å². The second kappa shape index (κ2) is 3.48. The molecule has 1 aliphatic rings. The highest BCUT2D eigenvalue weighted by molar-refractivity contribution is 5.99. The van der Waals surface area contributed by atoms with Crippen molar-refractivity contribution in [1.82, 2.24) is 0 Å². The number of hydrogen-bond donors (Lipinski definition) is 0. The van der Waals surface area contributed by atoms with Crippen molar-refractivity contribution >= 4 is 12.1 Å². The van der Waals surface area contributed by atoms with Gasteiger partial charge in [-0.15, -0.1) is 0 Å². The highest BCUT2D eigenvalue weighted by Crippen LogP contribution is 2.24.